The zero-order chi connectivity index (χ0) is 32.0. The Morgan fingerprint density at radius 2 is 0.889 bits per heavy atom. The maximum Gasteiger partial charge on any atom is 0.311 e. The lowest BCUT2D eigenvalue weighted by Crippen LogP contribution is -2.08. The molecule has 45 heavy (non-hydrogen) atoms. The van der Waals surface area contributed by atoms with Crippen LogP contribution in [0.1, 0.15) is 68.9 Å². The number of hydrogen-bond donors (Lipinski definition) is 0. The van der Waals surface area contributed by atoms with Crippen molar-refractivity contribution in [3.8, 4) is 45.9 Å². The van der Waals surface area contributed by atoms with Gasteiger partial charge in [0.2, 0.25) is 0 Å². The van der Waals surface area contributed by atoms with E-state index in [1.807, 2.05) is 12.1 Å². The Morgan fingerprint density at radius 3 is 1.22 bits per heavy atom. The Hall–Kier alpha value is -5.34. The van der Waals surface area contributed by atoms with Crippen LogP contribution in [0.4, 0.5) is 8.78 Å². The molecule has 0 saturated carbocycles. The van der Waals surface area contributed by atoms with E-state index in [4.69, 9.17) is 20.0 Å². The highest BCUT2D eigenvalue weighted by Gasteiger charge is 2.12. The molecule has 0 aromatic heterocycles. The number of halogens is 2. The summed E-state index contributed by atoms with van der Waals surface area (Å²) in [5, 5.41) is 17.8. The molecule has 0 N–H and O–H groups in total. The van der Waals surface area contributed by atoms with Crippen LogP contribution >= 0.6 is 0 Å². The van der Waals surface area contributed by atoms with E-state index in [1.165, 1.54) is 12.1 Å². The molecule has 0 aliphatic carbocycles. The maximum atomic E-state index is 14.6. The topological polar surface area (TPSA) is 100 Å². The van der Waals surface area contributed by atoms with Crippen LogP contribution in [0.15, 0.2) is 84.9 Å². The Kier molecular flexibility index (Phi) is 11.9. The van der Waals surface area contributed by atoms with Gasteiger partial charge in [0, 0.05) is 36.1 Å². The second-order valence-corrected chi connectivity index (χ2v) is 10.6. The van der Waals surface area contributed by atoms with Gasteiger partial charge in [0.1, 0.15) is 23.1 Å². The van der Waals surface area contributed by atoms with Gasteiger partial charge in [-0.05, 0) is 72.5 Å². The van der Waals surface area contributed by atoms with Crippen LogP contribution in [0, 0.1) is 34.3 Å². The molecule has 0 aliphatic rings. The van der Waals surface area contributed by atoms with Crippen molar-refractivity contribution >= 4 is 11.9 Å². The van der Waals surface area contributed by atoms with E-state index < -0.39 is 23.6 Å². The number of rotatable bonds is 14. The van der Waals surface area contributed by atoms with Crippen LogP contribution in [0.5, 0.6) is 11.5 Å². The third kappa shape index (κ3) is 9.84. The number of ether oxygens (including phenoxy) is 2. The Morgan fingerprint density at radius 1 is 0.533 bits per heavy atom. The molecule has 4 aromatic carbocycles. The second kappa shape index (κ2) is 16.5. The van der Waals surface area contributed by atoms with E-state index in [1.54, 1.807) is 72.8 Å². The van der Waals surface area contributed by atoms with Gasteiger partial charge in [-0.25, -0.2) is 8.78 Å². The summed E-state index contributed by atoms with van der Waals surface area (Å²) in [6, 6.07) is 25.8. The first-order chi connectivity index (χ1) is 21.9. The number of carbonyl (C=O) groups excluding carboxylic acids is 2. The molecule has 0 amide bonds. The van der Waals surface area contributed by atoms with Crippen LogP contribution in [-0.2, 0) is 9.59 Å². The molecule has 0 radical (unpaired) electrons. The predicted molar refractivity (Wildman–Crippen MR) is 166 cm³/mol. The zero-order valence-corrected chi connectivity index (χ0v) is 24.7. The lowest BCUT2D eigenvalue weighted by Gasteiger charge is -2.08. The summed E-state index contributed by atoms with van der Waals surface area (Å²) < 4.78 is 39.8. The summed E-state index contributed by atoms with van der Waals surface area (Å²) in [6.07, 6.45) is 6.36. The number of nitriles is 2. The minimum Gasteiger partial charge on any atom is -0.426 e. The number of esters is 2. The van der Waals surface area contributed by atoms with Gasteiger partial charge in [-0.3, -0.25) is 9.59 Å². The van der Waals surface area contributed by atoms with Crippen molar-refractivity contribution < 1.29 is 27.8 Å². The number of nitrogens with zero attached hydrogens (tertiary/aromatic N) is 2. The van der Waals surface area contributed by atoms with Gasteiger partial charge in [-0.15, -0.1) is 0 Å². The molecule has 0 heterocycles. The van der Waals surface area contributed by atoms with Crippen LogP contribution in [0.3, 0.4) is 0 Å². The highest BCUT2D eigenvalue weighted by molar-refractivity contribution is 5.74. The molecular weight excluding hydrogens is 574 g/mol. The van der Waals surface area contributed by atoms with E-state index in [-0.39, 0.29) is 24.3 Å². The first-order valence-corrected chi connectivity index (χ1v) is 14.9. The fourth-order valence-electron chi connectivity index (χ4n) is 4.82. The molecule has 0 fully saturated rings. The van der Waals surface area contributed by atoms with Crippen molar-refractivity contribution in [3.63, 3.8) is 0 Å². The molecule has 0 aliphatic heterocycles. The second-order valence-electron chi connectivity index (χ2n) is 10.6. The molecule has 0 atom stereocenters. The zero-order valence-electron chi connectivity index (χ0n) is 24.7. The maximum absolute atomic E-state index is 14.6. The lowest BCUT2D eigenvalue weighted by molar-refractivity contribution is -0.135. The van der Waals surface area contributed by atoms with Crippen molar-refractivity contribution in [1.82, 2.24) is 0 Å². The van der Waals surface area contributed by atoms with Crippen molar-refractivity contribution in [2.45, 2.75) is 57.8 Å². The van der Waals surface area contributed by atoms with E-state index in [2.05, 4.69) is 0 Å². The summed E-state index contributed by atoms with van der Waals surface area (Å²) in [5.41, 5.74) is 2.96. The molecule has 4 aromatic rings. The monoisotopic (exact) mass is 606 g/mol. The normalized spacial score (nSPS) is 10.5. The van der Waals surface area contributed by atoms with Gasteiger partial charge < -0.3 is 9.47 Å². The van der Waals surface area contributed by atoms with E-state index in [0.29, 0.717) is 46.2 Å². The summed E-state index contributed by atoms with van der Waals surface area (Å²) in [5.74, 6) is -1.55. The van der Waals surface area contributed by atoms with Crippen LogP contribution in [0.2, 0.25) is 0 Å². The van der Waals surface area contributed by atoms with Crippen LogP contribution in [-0.4, -0.2) is 11.9 Å². The average Bonchev–Trinajstić information content (AvgIpc) is 3.04. The Bertz CT molecular complexity index is 1580. The third-order valence-electron chi connectivity index (χ3n) is 7.26. The molecule has 228 valence electrons. The van der Waals surface area contributed by atoms with Crippen LogP contribution in [0.25, 0.3) is 22.3 Å². The van der Waals surface area contributed by atoms with Crippen molar-refractivity contribution in [2.75, 3.05) is 0 Å². The summed E-state index contributed by atoms with van der Waals surface area (Å²) >= 11 is 0. The Labute approximate surface area is 261 Å². The largest absolute Gasteiger partial charge is 0.426 e. The quantitative estimate of drug-likeness (QED) is 0.0806. The first-order valence-electron chi connectivity index (χ1n) is 14.9. The fourth-order valence-corrected chi connectivity index (χ4v) is 4.82. The molecule has 0 spiro atoms. The van der Waals surface area contributed by atoms with Gasteiger partial charge in [-0.2, -0.15) is 10.5 Å². The lowest BCUT2D eigenvalue weighted by atomic mass is 10.0. The molecule has 6 nitrogen and oxygen atoms in total. The molecule has 8 heteroatoms. The number of benzene rings is 4. The first kappa shape index (κ1) is 32.6. The highest BCUT2D eigenvalue weighted by Crippen LogP contribution is 2.28. The smallest absolute Gasteiger partial charge is 0.311 e. The number of hydrogen-bond acceptors (Lipinski definition) is 6. The fraction of sp³-hybridized carbons (Fsp3) is 0.243. The van der Waals surface area contributed by atoms with Crippen LogP contribution < -0.4 is 9.47 Å². The van der Waals surface area contributed by atoms with E-state index >= 15 is 0 Å². The molecule has 0 unspecified atom stereocenters. The van der Waals surface area contributed by atoms with Crippen molar-refractivity contribution in [3.05, 3.63) is 108 Å². The van der Waals surface area contributed by atoms with Gasteiger partial charge in [0.05, 0.1) is 23.3 Å². The SMILES string of the molecule is N#Cc1ccc(-c2ccc(OC(=O)CCCCCCCCCC(=O)Oc3ccc(-c4ccc(C#N)cc4)c(F)c3)cc2F)cc1. The van der Waals surface area contributed by atoms with Gasteiger partial charge in [0.25, 0.3) is 0 Å². The number of unbranched alkanes of at least 4 members (excludes halogenated alkanes) is 6. The van der Waals surface area contributed by atoms with Crippen molar-refractivity contribution in [2.24, 2.45) is 0 Å². The molecule has 0 saturated heterocycles. The molecular formula is C37H32F2N2O4. The van der Waals surface area contributed by atoms with Crippen molar-refractivity contribution in [1.29, 1.82) is 10.5 Å². The number of carbonyl (C=O) groups is 2. The standard InChI is InChI=1S/C37H32F2N2O4/c38-34-22-30(18-20-32(34)28-14-10-26(24-40)11-15-28)44-36(42)8-6-4-2-1-3-5-7-9-37(43)45-31-19-21-33(35(39)23-31)29-16-12-27(25-41)13-17-29/h10-23H,1-9H2. The molecule has 4 rings (SSSR count). The van der Waals surface area contributed by atoms with Gasteiger partial charge in [-0.1, -0.05) is 56.4 Å². The average molecular weight is 607 g/mol. The minimum absolute atomic E-state index is 0.152. The summed E-state index contributed by atoms with van der Waals surface area (Å²) in [4.78, 5) is 24.4. The van der Waals surface area contributed by atoms with Gasteiger partial charge in [0.15, 0.2) is 0 Å². The molecule has 0 bridgehead atoms. The van der Waals surface area contributed by atoms with E-state index in [9.17, 15) is 18.4 Å². The summed E-state index contributed by atoms with van der Waals surface area (Å²) in [6.45, 7) is 0. The van der Waals surface area contributed by atoms with E-state index in [0.717, 1.165) is 32.1 Å². The third-order valence-corrected chi connectivity index (χ3v) is 7.26. The summed E-state index contributed by atoms with van der Waals surface area (Å²) in [7, 11) is 0. The highest BCUT2D eigenvalue weighted by atomic mass is 19.1. The predicted octanol–water partition coefficient (Wildman–Crippen LogP) is 9.06. The minimum atomic E-state index is -0.512. The van der Waals surface area contributed by atoms with Gasteiger partial charge >= 0.3 is 11.9 Å². The Balaban J connectivity index is 1.06.